The summed E-state index contributed by atoms with van der Waals surface area (Å²) in [5, 5.41) is 3.78. The van der Waals surface area contributed by atoms with Crippen molar-refractivity contribution in [3.63, 3.8) is 0 Å². The minimum Gasteiger partial charge on any atom is -0.309 e. The van der Waals surface area contributed by atoms with Crippen LogP contribution in [0.15, 0.2) is 0 Å². The average Bonchev–Trinajstić information content (AvgIpc) is 2.30. The lowest BCUT2D eigenvalue weighted by atomic mass is 10.0. The second kappa shape index (κ2) is 4.43. The van der Waals surface area contributed by atoms with Crippen LogP contribution in [0.3, 0.4) is 0 Å². The topological polar surface area (TPSA) is 15.3 Å². The van der Waals surface area contributed by atoms with Gasteiger partial charge in [-0.2, -0.15) is 0 Å². The van der Waals surface area contributed by atoms with Gasteiger partial charge < -0.3 is 10.2 Å². The van der Waals surface area contributed by atoms with E-state index in [2.05, 4.69) is 17.3 Å². The molecule has 1 saturated carbocycles. The van der Waals surface area contributed by atoms with Crippen LogP contribution < -0.4 is 5.32 Å². The first-order chi connectivity index (χ1) is 6.34. The van der Waals surface area contributed by atoms with Gasteiger partial charge in [-0.25, -0.2) is 0 Å². The van der Waals surface area contributed by atoms with Crippen molar-refractivity contribution in [2.24, 2.45) is 0 Å². The molecule has 0 unspecified atom stereocenters. The van der Waals surface area contributed by atoms with Crippen LogP contribution in [0.4, 0.5) is 0 Å². The molecule has 0 radical (unpaired) electrons. The molecule has 1 aliphatic heterocycles. The van der Waals surface area contributed by atoms with E-state index in [0.717, 1.165) is 12.1 Å². The van der Waals surface area contributed by atoms with Crippen molar-refractivity contribution in [3.05, 3.63) is 0 Å². The Hall–Kier alpha value is -0.0800. The van der Waals surface area contributed by atoms with Crippen molar-refractivity contribution < 1.29 is 0 Å². The molecule has 2 fully saturated rings. The quantitative estimate of drug-likeness (QED) is 0.653. The highest BCUT2D eigenvalue weighted by Crippen LogP contribution is 2.18. The third-order valence-electron chi connectivity index (χ3n) is 3.39. The SMILES string of the molecule is CN1CC(NC2CCCCCC2)C1. The zero-order valence-electron chi connectivity index (χ0n) is 8.76. The highest BCUT2D eigenvalue weighted by molar-refractivity contribution is 4.86. The number of rotatable bonds is 2. The highest BCUT2D eigenvalue weighted by atomic mass is 15.2. The monoisotopic (exact) mass is 182 g/mol. The van der Waals surface area contributed by atoms with Gasteiger partial charge in [-0.3, -0.25) is 0 Å². The Morgan fingerprint density at radius 3 is 2.08 bits per heavy atom. The summed E-state index contributed by atoms with van der Waals surface area (Å²) in [7, 11) is 2.20. The minimum atomic E-state index is 0.799. The van der Waals surface area contributed by atoms with Crippen molar-refractivity contribution in [3.8, 4) is 0 Å². The molecule has 2 rings (SSSR count). The molecular formula is C11H22N2. The number of likely N-dealkylation sites (tertiary alicyclic amines) is 1. The molecule has 0 aromatic carbocycles. The van der Waals surface area contributed by atoms with E-state index < -0.39 is 0 Å². The van der Waals surface area contributed by atoms with E-state index in [1.807, 2.05) is 0 Å². The molecular weight excluding hydrogens is 160 g/mol. The number of likely N-dealkylation sites (N-methyl/N-ethyl adjacent to an activating group) is 1. The van der Waals surface area contributed by atoms with Gasteiger partial charge in [0.1, 0.15) is 0 Å². The fourth-order valence-electron chi connectivity index (χ4n) is 2.58. The maximum absolute atomic E-state index is 3.78. The lowest BCUT2D eigenvalue weighted by Gasteiger charge is -2.39. The summed E-state index contributed by atoms with van der Waals surface area (Å²) in [5.74, 6) is 0. The highest BCUT2D eigenvalue weighted by Gasteiger charge is 2.25. The molecule has 0 atom stereocenters. The van der Waals surface area contributed by atoms with Gasteiger partial charge in [0.25, 0.3) is 0 Å². The Labute approximate surface area is 81.7 Å². The van der Waals surface area contributed by atoms with Gasteiger partial charge >= 0.3 is 0 Å². The molecule has 0 spiro atoms. The van der Waals surface area contributed by atoms with Crippen molar-refractivity contribution in [2.75, 3.05) is 20.1 Å². The fourth-order valence-corrected chi connectivity index (χ4v) is 2.58. The second-order valence-corrected chi connectivity index (χ2v) is 4.77. The molecule has 13 heavy (non-hydrogen) atoms. The molecule has 1 N–H and O–H groups in total. The molecule has 0 bridgehead atoms. The number of hydrogen-bond acceptors (Lipinski definition) is 2. The third kappa shape index (κ3) is 2.68. The standard InChI is InChI=1S/C11H22N2/c1-13-8-11(9-13)12-10-6-4-2-3-5-7-10/h10-12H,2-9H2,1H3. The van der Waals surface area contributed by atoms with Crippen molar-refractivity contribution in [1.82, 2.24) is 10.2 Å². The van der Waals surface area contributed by atoms with Crippen molar-refractivity contribution >= 4 is 0 Å². The van der Waals surface area contributed by atoms with Crippen LogP contribution in [0.1, 0.15) is 38.5 Å². The van der Waals surface area contributed by atoms with Gasteiger partial charge in [-0.1, -0.05) is 25.7 Å². The zero-order valence-corrected chi connectivity index (χ0v) is 8.76. The van der Waals surface area contributed by atoms with E-state index in [4.69, 9.17) is 0 Å². The van der Waals surface area contributed by atoms with Crippen molar-refractivity contribution in [1.29, 1.82) is 0 Å². The molecule has 2 aliphatic rings. The summed E-state index contributed by atoms with van der Waals surface area (Å²) < 4.78 is 0. The summed E-state index contributed by atoms with van der Waals surface area (Å²) in [5.41, 5.74) is 0. The van der Waals surface area contributed by atoms with Crippen LogP contribution in [0, 0.1) is 0 Å². The van der Waals surface area contributed by atoms with E-state index in [-0.39, 0.29) is 0 Å². The first-order valence-corrected chi connectivity index (χ1v) is 5.79. The molecule has 76 valence electrons. The molecule has 0 aromatic heterocycles. The Kier molecular flexibility index (Phi) is 3.23. The van der Waals surface area contributed by atoms with Crippen LogP contribution in [0.25, 0.3) is 0 Å². The van der Waals surface area contributed by atoms with Crippen LogP contribution in [0.2, 0.25) is 0 Å². The smallest absolute Gasteiger partial charge is 0.0324 e. The van der Waals surface area contributed by atoms with Crippen LogP contribution in [0.5, 0.6) is 0 Å². The molecule has 2 heteroatoms. The van der Waals surface area contributed by atoms with Gasteiger partial charge in [-0.15, -0.1) is 0 Å². The van der Waals surface area contributed by atoms with Gasteiger partial charge in [0.15, 0.2) is 0 Å². The molecule has 2 nitrogen and oxygen atoms in total. The second-order valence-electron chi connectivity index (χ2n) is 4.77. The van der Waals surface area contributed by atoms with Crippen LogP contribution in [-0.4, -0.2) is 37.1 Å². The number of hydrogen-bond donors (Lipinski definition) is 1. The van der Waals surface area contributed by atoms with Gasteiger partial charge in [0.05, 0.1) is 0 Å². The van der Waals surface area contributed by atoms with Crippen LogP contribution >= 0.6 is 0 Å². The predicted octanol–water partition coefficient (Wildman–Crippen LogP) is 1.61. The number of nitrogens with one attached hydrogen (secondary N) is 1. The average molecular weight is 182 g/mol. The third-order valence-corrected chi connectivity index (χ3v) is 3.39. The zero-order chi connectivity index (χ0) is 9.10. The summed E-state index contributed by atoms with van der Waals surface area (Å²) in [6.45, 7) is 2.52. The van der Waals surface area contributed by atoms with E-state index in [1.54, 1.807) is 0 Å². The lowest BCUT2D eigenvalue weighted by molar-refractivity contribution is 0.147. The van der Waals surface area contributed by atoms with E-state index >= 15 is 0 Å². The Morgan fingerprint density at radius 2 is 1.54 bits per heavy atom. The minimum absolute atomic E-state index is 0.799. The van der Waals surface area contributed by atoms with E-state index in [9.17, 15) is 0 Å². The first kappa shape index (κ1) is 9.47. The molecule has 1 aliphatic carbocycles. The lowest BCUT2D eigenvalue weighted by Crippen LogP contribution is -2.58. The normalized spacial score (nSPS) is 28.4. The maximum Gasteiger partial charge on any atom is 0.0324 e. The van der Waals surface area contributed by atoms with Crippen molar-refractivity contribution in [2.45, 2.75) is 50.6 Å². The predicted molar refractivity (Wildman–Crippen MR) is 55.9 cm³/mol. The van der Waals surface area contributed by atoms with Gasteiger partial charge in [0, 0.05) is 25.2 Å². The first-order valence-electron chi connectivity index (χ1n) is 5.79. The Morgan fingerprint density at radius 1 is 0.923 bits per heavy atom. The Balaban J connectivity index is 1.67. The van der Waals surface area contributed by atoms with E-state index in [1.165, 1.54) is 51.6 Å². The molecule has 1 saturated heterocycles. The number of nitrogens with zero attached hydrogens (tertiary/aromatic N) is 1. The van der Waals surface area contributed by atoms with E-state index in [0.29, 0.717) is 0 Å². The van der Waals surface area contributed by atoms with Gasteiger partial charge in [0.2, 0.25) is 0 Å². The maximum atomic E-state index is 3.78. The largest absolute Gasteiger partial charge is 0.309 e. The fraction of sp³-hybridized carbons (Fsp3) is 1.00. The molecule has 1 heterocycles. The summed E-state index contributed by atoms with van der Waals surface area (Å²) >= 11 is 0. The summed E-state index contributed by atoms with van der Waals surface area (Å²) in [4.78, 5) is 2.38. The molecule has 0 aromatic rings. The van der Waals surface area contributed by atoms with Gasteiger partial charge in [-0.05, 0) is 19.9 Å². The summed E-state index contributed by atoms with van der Waals surface area (Å²) in [6, 6.07) is 1.63. The summed E-state index contributed by atoms with van der Waals surface area (Å²) in [6.07, 6.45) is 8.65. The Bertz CT molecular complexity index is 144. The van der Waals surface area contributed by atoms with Crippen LogP contribution in [-0.2, 0) is 0 Å². The molecule has 0 amide bonds.